The van der Waals surface area contributed by atoms with E-state index in [4.69, 9.17) is 0 Å². The molecule has 4 fully saturated rings. The quantitative estimate of drug-likeness (QED) is 0.771. The Bertz CT molecular complexity index is 327. The molecule has 2 heteroatoms. The third kappa shape index (κ3) is 2.76. The molecule has 0 radical (unpaired) electrons. The average molecular weight is 277 g/mol. The van der Waals surface area contributed by atoms with Crippen LogP contribution in [0.3, 0.4) is 0 Å². The van der Waals surface area contributed by atoms with E-state index < -0.39 is 0 Å². The molecule has 0 spiro atoms. The molecule has 2 nitrogen and oxygen atoms in total. The summed E-state index contributed by atoms with van der Waals surface area (Å²) in [6, 6.07) is 0. The van der Waals surface area contributed by atoms with Gasteiger partial charge < -0.3 is 5.32 Å². The van der Waals surface area contributed by atoms with Crippen molar-refractivity contribution in [3.05, 3.63) is 0 Å². The van der Waals surface area contributed by atoms with E-state index in [0.717, 1.165) is 30.6 Å². The summed E-state index contributed by atoms with van der Waals surface area (Å²) in [6.45, 7) is 4.38. The van der Waals surface area contributed by atoms with E-state index in [-0.39, 0.29) is 11.5 Å². The van der Waals surface area contributed by atoms with Gasteiger partial charge in [-0.25, -0.2) is 0 Å². The predicted octanol–water partition coefficient (Wildman–Crippen LogP) is 4.29. The molecule has 114 valence electrons. The summed E-state index contributed by atoms with van der Waals surface area (Å²) < 4.78 is 0. The summed E-state index contributed by atoms with van der Waals surface area (Å²) in [7, 11) is 0. The third-order valence-corrected chi connectivity index (χ3v) is 6.20. The van der Waals surface area contributed by atoms with Crippen LogP contribution in [0.4, 0.5) is 0 Å². The Balaban J connectivity index is 1.63. The van der Waals surface area contributed by atoms with Gasteiger partial charge in [-0.3, -0.25) is 4.79 Å². The first-order valence-corrected chi connectivity index (χ1v) is 8.96. The first kappa shape index (κ1) is 14.4. The van der Waals surface area contributed by atoms with E-state index in [0.29, 0.717) is 5.91 Å². The van der Waals surface area contributed by atoms with Gasteiger partial charge >= 0.3 is 0 Å². The van der Waals surface area contributed by atoms with Gasteiger partial charge in [0, 0.05) is 11.5 Å². The fourth-order valence-corrected chi connectivity index (χ4v) is 5.60. The molecular weight excluding hydrogens is 246 g/mol. The normalized spacial score (nSPS) is 39.8. The Morgan fingerprint density at radius 3 is 2.10 bits per heavy atom. The molecule has 1 N–H and O–H groups in total. The second kappa shape index (κ2) is 5.69. The van der Waals surface area contributed by atoms with E-state index in [2.05, 4.69) is 19.2 Å². The summed E-state index contributed by atoms with van der Waals surface area (Å²) in [4.78, 5) is 12.7. The number of hydrogen-bond acceptors (Lipinski definition) is 1. The minimum atomic E-state index is 0.200. The van der Waals surface area contributed by atoms with Crippen LogP contribution in [0.1, 0.15) is 78.1 Å². The molecule has 1 amide bonds. The highest BCUT2D eigenvalue weighted by Gasteiger charge is 2.51. The molecule has 1 atom stereocenters. The molecular formula is C18H31NO. The summed E-state index contributed by atoms with van der Waals surface area (Å²) in [5, 5.41) is 3.55. The molecule has 0 aliphatic heterocycles. The molecule has 0 aromatic heterocycles. The number of carbonyl (C=O) groups excluding carboxylic acids is 1. The van der Waals surface area contributed by atoms with Gasteiger partial charge in [-0.05, 0) is 69.1 Å². The number of nitrogens with one attached hydrogen (secondary N) is 1. The van der Waals surface area contributed by atoms with Crippen LogP contribution >= 0.6 is 0 Å². The topological polar surface area (TPSA) is 29.1 Å². The van der Waals surface area contributed by atoms with Gasteiger partial charge in [0.1, 0.15) is 0 Å². The highest BCUT2D eigenvalue weighted by Crippen LogP contribution is 2.55. The van der Waals surface area contributed by atoms with Gasteiger partial charge in [-0.15, -0.1) is 0 Å². The van der Waals surface area contributed by atoms with Gasteiger partial charge in [0.25, 0.3) is 0 Å². The standard InChI is InChI=1S/C18H31NO/c1-3-5-6-16(4-2)17(20)19-18-10-13-7-14(11-18)9-15(8-13)12-18/h13-16H,3-12H2,1-2H3,(H,19,20)/t13?,14?,15?,16-,18?/m1/s1. The van der Waals surface area contributed by atoms with Gasteiger partial charge in [0.15, 0.2) is 0 Å². The molecule has 0 saturated heterocycles. The van der Waals surface area contributed by atoms with E-state index in [1.165, 1.54) is 51.4 Å². The van der Waals surface area contributed by atoms with E-state index >= 15 is 0 Å². The molecule has 0 heterocycles. The van der Waals surface area contributed by atoms with Gasteiger partial charge in [-0.1, -0.05) is 26.7 Å². The molecule has 4 saturated carbocycles. The lowest BCUT2D eigenvalue weighted by atomic mass is 9.53. The van der Waals surface area contributed by atoms with Crippen molar-refractivity contribution in [3.63, 3.8) is 0 Å². The van der Waals surface area contributed by atoms with Crippen LogP contribution in [0.15, 0.2) is 0 Å². The minimum absolute atomic E-state index is 0.200. The van der Waals surface area contributed by atoms with Crippen LogP contribution in [0.25, 0.3) is 0 Å². The van der Waals surface area contributed by atoms with Crippen LogP contribution in [0, 0.1) is 23.7 Å². The van der Waals surface area contributed by atoms with Crippen LogP contribution < -0.4 is 5.32 Å². The number of hydrogen-bond donors (Lipinski definition) is 1. The molecule has 4 bridgehead atoms. The Kier molecular flexibility index (Phi) is 4.10. The van der Waals surface area contributed by atoms with E-state index in [9.17, 15) is 4.79 Å². The SMILES string of the molecule is CCCC[C@@H](CC)C(=O)NC12CC3CC(CC(C3)C1)C2. The molecule has 4 aliphatic carbocycles. The van der Waals surface area contributed by atoms with Crippen molar-refractivity contribution < 1.29 is 4.79 Å². The van der Waals surface area contributed by atoms with Crippen molar-refractivity contribution >= 4 is 5.91 Å². The van der Waals surface area contributed by atoms with Crippen LogP contribution in [0.5, 0.6) is 0 Å². The zero-order valence-corrected chi connectivity index (χ0v) is 13.3. The van der Waals surface area contributed by atoms with Crippen LogP contribution in [-0.2, 0) is 4.79 Å². The predicted molar refractivity (Wildman–Crippen MR) is 82.4 cm³/mol. The Labute approximate surface area is 124 Å². The molecule has 0 unspecified atom stereocenters. The summed E-state index contributed by atoms with van der Waals surface area (Å²) in [5.41, 5.74) is 0.200. The molecule has 4 aliphatic rings. The fourth-order valence-electron chi connectivity index (χ4n) is 5.60. The molecule has 0 aromatic rings. The van der Waals surface area contributed by atoms with Crippen molar-refractivity contribution in [2.24, 2.45) is 23.7 Å². The fraction of sp³-hybridized carbons (Fsp3) is 0.944. The first-order valence-electron chi connectivity index (χ1n) is 8.96. The highest BCUT2D eigenvalue weighted by atomic mass is 16.2. The van der Waals surface area contributed by atoms with E-state index in [1.807, 2.05) is 0 Å². The highest BCUT2D eigenvalue weighted by molar-refractivity contribution is 5.79. The maximum absolute atomic E-state index is 12.7. The van der Waals surface area contributed by atoms with Gasteiger partial charge in [-0.2, -0.15) is 0 Å². The van der Waals surface area contributed by atoms with Crippen LogP contribution in [-0.4, -0.2) is 11.4 Å². The number of rotatable bonds is 6. The van der Waals surface area contributed by atoms with E-state index in [1.54, 1.807) is 0 Å². The first-order chi connectivity index (χ1) is 9.64. The largest absolute Gasteiger partial charge is 0.350 e. The van der Waals surface area contributed by atoms with Crippen molar-refractivity contribution in [2.75, 3.05) is 0 Å². The molecule has 4 rings (SSSR count). The van der Waals surface area contributed by atoms with Crippen molar-refractivity contribution in [3.8, 4) is 0 Å². The lowest BCUT2D eigenvalue weighted by Gasteiger charge is -2.57. The van der Waals surface area contributed by atoms with Crippen LogP contribution in [0.2, 0.25) is 0 Å². The van der Waals surface area contributed by atoms with Crippen molar-refractivity contribution in [1.29, 1.82) is 0 Å². The Hall–Kier alpha value is -0.530. The number of carbonyl (C=O) groups is 1. The average Bonchev–Trinajstić information content (AvgIpc) is 2.37. The lowest BCUT2D eigenvalue weighted by molar-refractivity contribution is -0.131. The Morgan fingerprint density at radius 1 is 1.10 bits per heavy atom. The summed E-state index contributed by atoms with van der Waals surface area (Å²) in [5.74, 6) is 3.36. The Morgan fingerprint density at radius 2 is 1.65 bits per heavy atom. The number of amides is 1. The maximum atomic E-state index is 12.7. The smallest absolute Gasteiger partial charge is 0.223 e. The third-order valence-electron chi connectivity index (χ3n) is 6.20. The lowest BCUT2D eigenvalue weighted by Crippen LogP contribution is -2.60. The number of unbranched alkanes of at least 4 members (excludes halogenated alkanes) is 1. The molecule has 0 aromatic carbocycles. The zero-order chi connectivity index (χ0) is 14.2. The van der Waals surface area contributed by atoms with Gasteiger partial charge in [0.2, 0.25) is 5.91 Å². The van der Waals surface area contributed by atoms with Crippen molar-refractivity contribution in [2.45, 2.75) is 83.6 Å². The second-order valence-electron chi connectivity index (χ2n) is 7.93. The summed E-state index contributed by atoms with van der Waals surface area (Å²) in [6.07, 6.45) is 12.6. The molecule has 20 heavy (non-hydrogen) atoms. The maximum Gasteiger partial charge on any atom is 0.223 e. The van der Waals surface area contributed by atoms with Crippen molar-refractivity contribution in [1.82, 2.24) is 5.32 Å². The minimum Gasteiger partial charge on any atom is -0.350 e. The van der Waals surface area contributed by atoms with Gasteiger partial charge in [0.05, 0.1) is 0 Å². The zero-order valence-electron chi connectivity index (χ0n) is 13.3. The monoisotopic (exact) mass is 277 g/mol. The second-order valence-corrected chi connectivity index (χ2v) is 7.93. The summed E-state index contributed by atoms with van der Waals surface area (Å²) >= 11 is 0.